The molecular weight excluding hydrogens is 283 g/mol. The lowest BCUT2D eigenvalue weighted by molar-refractivity contribution is 0.177. The highest BCUT2D eigenvalue weighted by molar-refractivity contribution is 5.74. The van der Waals surface area contributed by atoms with Crippen molar-refractivity contribution in [3.63, 3.8) is 0 Å². The van der Waals surface area contributed by atoms with Gasteiger partial charge in [0.05, 0.1) is 12.1 Å². The van der Waals surface area contributed by atoms with Crippen LogP contribution < -0.4 is 10.6 Å². The summed E-state index contributed by atoms with van der Waals surface area (Å²) in [4.78, 5) is 11.9. The molecule has 0 saturated heterocycles. The van der Waals surface area contributed by atoms with Crippen LogP contribution >= 0.6 is 0 Å². The fourth-order valence-electron chi connectivity index (χ4n) is 3.03. The molecule has 1 aromatic rings. The molecule has 1 fully saturated rings. The number of benzene rings is 1. The number of carbonyl (C=O) groups excluding carboxylic acids is 1. The molecule has 0 spiro atoms. The minimum absolute atomic E-state index is 0.188. The Hall–Kier alpha value is -1.62. The van der Waals surface area contributed by atoms with Gasteiger partial charge in [0.25, 0.3) is 0 Å². The van der Waals surface area contributed by atoms with Crippen molar-refractivity contribution in [3.05, 3.63) is 34.6 Å². The van der Waals surface area contributed by atoms with Gasteiger partial charge in [-0.2, -0.15) is 0 Å². The molecule has 1 saturated carbocycles. The zero-order valence-electron chi connectivity index (χ0n) is 13.4. The first kappa shape index (κ1) is 16.7. The molecule has 22 heavy (non-hydrogen) atoms. The van der Waals surface area contributed by atoms with E-state index in [-0.39, 0.29) is 24.0 Å². The maximum atomic E-state index is 13.6. The maximum Gasteiger partial charge on any atom is 0.315 e. The number of aliphatic hydroxyl groups excluding tert-OH is 1. The highest BCUT2D eigenvalue weighted by Gasteiger charge is 2.23. The van der Waals surface area contributed by atoms with Crippen molar-refractivity contribution in [2.24, 2.45) is 5.92 Å². The third kappa shape index (κ3) is 4.19. The van der Waals surface area contributed by atoms with Crippen LogP contribution in [-0.2, 0) is 0 Å². The smallest absolute Gasteiger partial charge is 0.315 e. The normalized spacial score (nSPS) is 22.4. The quantitative estimate of drug-likeness (QED) is 0.801. The van der Waals surface area contributed by atoms with Gasteiger partial charge in [0.15, 0.2) is 0 Å². The van der Waals surface area contributed by atoms with Gasteiger partial charge in [-0.3, -0.25) is 0 Å². The van der Waals surface area contributed by atoms with Crippen molar-refractivity contribution in [3.8, 4) is 0 Å². The van der Waals surface area contributed by atoms with Crippen molar-refractivity contribution in [2.75, 3.05) is 6.54 Å². The number of hydrogen-bond donors (Lipinski definition) is 3. The predicted molar refractivity (Wildman–Crippen MR) is 84.2 cm³/mol. The largest absolute Gasteiger partial charge is 0.393 e. The van der Waals surface area contributed by atoms with E-state index in [1.54, 1.807) is 26.0 Å². The summed E-state index contributed by atoms with van der Waals surface area (Å²) in [6.45, 7) is 5.91. The van der Waals surface area contributed by atoms with Gasteiger partial charge >= 0.3 is 6.03 Å². The summed E-state index contributed by atoms with van der Waals surface area (Å²) >= 11 is 0. The molecule has 1 aliphatic rings. The molecule has 0 aliphatic heterocycles. The van der Waals surface area contributed by atoms with Gasteiger partial charge in [0, 0.05) is 6.54 Å². The second-order valence-corrected chi connectivity index (χ2v) is 6.38. The van der Waals surface area contributed by atoms with Crippen LogP contribution in [0.15, 0.2) is 12.1 Å². The van der Waals surface area contributed by atoms with Gasteiger partial charge in [0.1, 0.15) is 5.82 Å². The lowest BCUT2D eigenvalue weighted by atomic mass is 10.0. The Morgan fingerprint density at radius 3 is 2.55 bits per heavy atom. The molecule has 2 rings (SSSR count). The van der Waals surface area contributed by atoms with Gasteiger partial charge in [-0.05, 0) is 62.6 Å². The van der Waals surface area contributed by atoms with Crippen molar-refractivity contribution in [1.82, 2.24) is 10.6 Å². The van der Waals surface area contributed by atoms with Crippen LogP contribution in [0.3, 0.4) is 0 Å². The summed E-state index contributed by atoms with van der Waals surface area (Å²) in [6, 6.07) is 3.11. The number of carbonyl (C=O) groups is 1. The molecule has 0 radical (unpaired) electrons. The van der Waals surface area contributed by atoms with Crippen molar-refractivity contribution < 1.29 is 14.3 Å². The maximum absolute atomic E-state index is 13.6. The summed E-state index contributed by atoms with van der Waals surface area (Å²) in [5.74, 6) is 0.159. The number of rotatable bonds is 4. The van der Waals surface area contributed by atoms with Crippen LogP contribution in [0.1, 0.15) is 48.9 Å². The van der Waals surface area contributed by atoms with Gasteiger partial charge in [-0.25, -0.2) is 9.18 Å². The predicted octanol–water partition coefficient (Wildman–Crippen LogP) is 2.96. The van der Waals surface area contributed by atoms with E-state index in [0.29, 0.717) is 23.6 Å². The third-order valence-corrected chi connectivity index (χ3v) is 4.37. The Labute approximate surface area is 131 Å². The van der Waals surface area contributed by atoms with Crippen molar-refractivity contribution in [2.45, 2.75) is 52.2 Å². The monoisotopic (exact) mass is 308 g/mol. The Balaban J connectivity index is 1.86. The first-order chi connectivity index (χ1) is 10.4. The number of aliphatic hydroxyl groups is 1. The molecule has 3 atom stereocenters. The van der Waals surface area contributed by atoms with Crippen LogP contribution in [-0.4, -0.2) is 23.8 Å². The Morgan fingerprint density at radius 2 is 2.00 bits per heavy atom. The SMILES string of the molecule is Cc1cc([C@H](C)NC(=O)NC[C@H]2CC[C@@H](O)C2)cc(C)c1F. The summed E-state index contributed by atoms with van der Waals surface area (Å²) in [5.41, 5.74) is 2.07. The molecule has 0 bridgehead atoms. The molecule has 0 heterocycles. The minimum Gasteiger partial charge on any atom is -0.393 e. The molecule has 1 aliphatic carbocycles. The fourth-order valence-corrected chi connectivity index (χ4v) is 3.03. The summed E-state index contributed by atoms with van der Waals surface area (Å²) in [7, 11) is 0. The van der Waals surface area contributed by atoms with E-state index in [1.807, 2.05) is 6.92 Å². The standard InChI is InChI=1S/C17H25FN2O2/c1-10-6-14(7-11(2)16(10)18)12(3)20-17(22)19-9-13-4-5-15(21)8-13/h6-7,12-13,15,21H,4-5,8-9H2,1-3H3,(H2,19,20,22)/t12-,13-,15+/m0/s1. The molecule has 3 N–H and O–H groups in total. The topological polar surface area (TPSA) is 61.4 Å². The first-order valence-corrected chi connectivity index (χ1v) is 7.86. The van der Waals surface area contributed by atoms with Gasteiger partial charge in [-0.15, -0.1) is 0 Å². The molecular formula is C17H25FN2O2. The van der Waals surface area contributed by atoms with Crippen LogP contribution in [0.4, 0.5) is 9.18 Å². The third-order valence-electron chi connectivity index (χ3n) is 4.37. The highest BCUT2D eigenvalue weighted by Crippen LogP contribution is 2.24. The lowest BCUT2D eigenvalue weighted by Gasteiger charge is -2.18. The van der Waals surface area contributed by atoms with Crippen LogP contribution in [0, 0.1) is 25.6 Å². The summed E-state index contributed by atoms with van der Waals surface area (Å²) < 4.78 is 13.6. The second-order valence-electron chi connectivity index (χ2n) is 6.38. The number of halogens is 1. The second kappa shape index (κ2) is 7.09. The zero-order valence-corrected chi connectivity index (χ0v) is 13.4. The van der Waals surface area contributed by atoms with E-state index in [4.69, 9.17) is 0 Å². The minimum atomic E-state index is -0.228. The molecule has 1 aromatic carbocycles. The molecule has 122 valence electrons. The van der Waals surface area contributed by atoms with Gasteiger partial charge < -0.3 is 15.7 Å². The summed E-state index contributed by atoms with van der Waals surface area (Å²) in [6.07, 6.45) is 2.30. The van der Waals surface area contributed by atoms with E-state index in [1.165, 1.54) is 0 Å². The van der Waals surface area contributed by atoms with Gasteiger partial charge in [-0.1, -0.05) is 12.1 Å². The molecule has 0 aromatic heterocycles. The summed E-state index contributed by atoms with van der Waals surface area (Å²) in [5, 5.41) is 15.2. The van der Waals surface area contributed by atoms with Crippen molar-refractivity contribution >= 4 is 6.03 Å². The Kier molecular flexibility index (Phi) is 5.40. The number of hydrogen-bond acceptors (Lipinski definition) is 2. The molecule has 5 heteroatoms. The van der Waals surface area contributed by atoms with E-state index >= 15 is 0 Å². The van der Waals surface area contributed by atoms with Crippen molar-refractivity contribution in [1.29, 1.82) is 0 Å². The number of aryl methyl sites for hydroxylation is 2. The van der Waals surface area contributed by atoms with Gasteiger partial charge in [0.2, 0.25) is 0 Å². The number of urea groups is 1. The van der Waals surface area contributed by atoms with E-state index in [9.17, 15) is 14.3 Å². The average molecular weight is 308 g/mol. The molecule has 2 amide bonds. The van der Waals surface area contributed by atoms with Crippen LogP contribution in [0.2, 0.25) is 0 Å². The first-order valence-electron chi connectivity index (χ1n) is 7.86. The van der Waals surface area contributed by atoms with Crippen LogP contribution in [0.25, 0.3) is 0 Å². The Bertz CT molecular complexity index is 524. The zero-order chi connectivity index (χ0) is 16.3. The number of nitrogens with one attached hydrogen (secondary N) is 2. The van der Waals surface area contributed by atoms with E-state index in [2.05, 4.69) is 10.6 Å². The highest BCUT2D eigenvalue weighted by atomic mass is 19.1. The van der Waals surface area contributed by atoms with E-state index < -0.39 is 0 Å². The number of amides is 2. The van der Waals surface area contributed by atoms with E-state index in [0.717, 1.165) is 24.8 Å². The average Bonchev–Trinajstić information content (AvgIpc) is 2.87. The lowest BCUT2D eigenvalue weighted by Crippen LogP contribution is -2.39. The van der Waals surface area contributed by atoms with Crippen LogP contribution in [0.5, 0.6) is 0 Å². The Morgan fingerprint density at radius 1 is 1.36 bits per heavy atom. The molecule has 4 nitrogen and oxygen atoms in total. The fraction of sp³-hybridized carbons (Fsp3) is 0.588. The molecule has 0 unspecified atom stereocenters.